The standard InChI is InChI=1S/C5H11N5S/c6-1-2-11-3-5-8-4-10(7)9-5/h4H,1-3,6-7H2. The molecule has 5 nitrogen and oxygen atoms in total. The molecule has 0 fully saturated rings. The zero-order valence-electron chi connectivity index (χ0n) is 6.10. The van der Waals surface area contributed by atoms with Crippen molar-refractivity contribution in [3.63, 3.8) is 0 Å². The van der Waals surface area contributed by atoms with Crippen LogP contribution in [-0.2, 0) is 5.75 Å². The smallest absolute Gasteiger partial charge is 0.162 e. The molecule has 0 aliphatic rings. The molecule has 0 atom stereocenters. The van der Waals surface area contributed by atoms with Crippen LogP contribution in [0, 0.1) is 0 Å². The third-order valence-corrected chi connectivity index (χ3v) is 2.04. The van der Waals surface area contributed by atoms with Gasteiger partial charge >= 0.3 is 0 Å². The SMILES string of the molecule is NCCSCc1ncn(N)n1. The maximum Gasteiger partial charge on any atom is 0.162 e. The third kappa shape index (κ3) is 2.77. The Hall–Kier alpha value is -0.750. The molecule has 1 aromatic rings. The highest BCUT2D eigenvalue weighted by Gasteiger charge is 1.97. The lowest BCUT2D eigenvalue weighted by molar-refractivity contribution is 0.814. The summed E-state index contributed by atoms with van der Waals surface area (Å²) in [5, 5.41) is 3.90. The molecule has 0 aromatic carbocycles. The van der Waals surface area contributed by atoms with E-state index in [-0.39, 0.29) is 0 Å². The molecular formula is C5H11N5S. The summed E-state index contributed by atoms with van der Waals surface area (Å²) in [6.45, 7) is 0.688. The Kier molecular flexibility index (Phi) is 3.18. The van der Waals surface area contributed by atoms with E-state index in [9.17, 15) is 0 Å². The summed E-state index contributed by atoms with van der Waals surface area (Å²) in [7, 11) is 0. The van der Waals surface area contributed by atoms with Gasteiger partial charge in [0, 0.05) is 12.3 Å². The molecule has 4 N–H and O–H groups in total. The van der Waals surface area contributed by atoms with E-state index in [1.165, 1.54) is 11.1 Å². The van der Waals surface area contributed by atoms with Gasteiger partial charge in [-0.15, -0.1) is 5.10 Å². The Morgan fingerprint density at radius 2 is 2.45 bits per heavy atom. The number of aromatic nitrogens is 3. The molecule has 6 heteroatoms. The molecule has 0 saturated heterocycles. The first-order chi connectivity index (χ1) is 5.33. The number of nitrogen functional groups attached to an aromatic ring is 1. The van der Waals surface area contributed by atoms with Gasteiger partial charge in [0.05, 0.1) is 5.75 Å². The molecule has 0 spiro atoms. The minimum atomic E-state index is 0.688. The topological polar surface area (TPSA) is 82.8 Å². The van der Waals surface area contributed by atoms with E-state index >= 15 is 0 Å². The number of hydrogen-bond acceptors (Lipinski definition) is 5. The zero-order chi connectivity index (χ0) is 8.10. The maximum atomic E-state index is 5.31. The summed E-state index contributed by atoms with van der Waals surface area (Å²) in [6.07, 6.45) is 1.48. The summed E-state index contributed by atoms with van der Waals surface area (Å²) < 4.78 is 0. The van der Waals surface area contributed by atoms with Gasteiger partial charge in [-0.3, -0.25) is 0 Å². The molecule has 0 aliphatic heterocycles. The lowest BCUT2D eigenvalue weighted by Crippen LogP contribution is -2.08. The lowest BCUT2D eigenvalue weighted by atomic mass is 10.7. The van der Waals surface area contributed by atoms with Crippen molar-refractivity contribution < 1.29 is 0 Å². The van der Waals surface area contributed by atoms with Gasteiger partial charge in [0.2, 0.25) is 0 Å². The van der Waals surface area contributed by atoms with Gasteiger partial charge in [-0.1, -0.05) is 0 Å². The van der Waals surface area contributed by atoms with Crippen molar-refractivity contribution in [2.75, 3.05) is 18.1 Å². The summed E-state index contributed by atoms with van der Waals surface area (Å²) >= 11 is 1.70. The van der Waals surface area contributed by atoms with Gasteiger partial charge in [-0.25, -0.2) is 4.98 Å². The van der Waals surface area contributed by atoms with E-state index in [4.69, 9.17) is 11.6 Å². The first kappa shape index (κ1) is 8.35. The fourth-order valence-electron chi connectivity index (χ4n) is 0.624. The van der Waals surface area contributed by atoms with Crippen molar-refractivity contribution in [2.45, 2.75) is 5.75 Å². The highest BCUT2D eigenvalue weighted by Crippen LogP contribution is 2.05. The van der Waals surface area contributed by atoms with Crippen LogP contribution in [0.4, 0.5) is 0 Å². The molecule has 1 heterocycles. The van der Waals surface area contributed by atoms with Crippen molar-refractivity contribution in [1.29, 1.82) is 0 Å². The normalized spacial score (nSPS) is 10.3. The first-order valence-corrected chi connectivity index (χ1v) is 4.42. The molecule has 0 amide bonds. The Labute approximate surface area is 69.1 Å². The highest BCUT2D eigenvalue weighted by atomic mass is 32.2. The van der Waals surface area contributed by atoms with Crippen molar-refractivity contribution in [1.82, 2.24) is 14.9 Å². The van der Waals surface area contributed by atoms with Crippen LogP contribution in [0.1, 0.15) is 5.82 Å². The van der Waals surface area contributed by atoms with E-state index in [2.05, 4.69) is 10.1 Å². The summed E-state index contributed by atoms with van der Waals surface area (Å²) in [5.41, 5.74) is 5.31. The van der Waals surface area contributed by atoms with Gasteiger partial charge in [-0.2, -0.15) is 16.6 Å². The fraction of sp³-hybridized carbons (Fsp3) is 0.600. The number of hydrogen-bond donors (Lipinski definition) is 2. The van der Waals surface area contributed by atoms with Crippen LogP contribution < -0.4 is 11.6 Å². The van der Waals surface area contributed by atoms with Gasteiger partial charge < -0.3 is 11.6 Å². The van der Waals surface area contributed by atoms with Gasteiger partial charge in [0.15, 0.2) is 5.82 Å². The molecule has 1 rings (SSSR count). The van der Waals surface area contributed by atoms with Crippen LogP contribution in [0.2, 0.25) is 0 Å². The highest BCUT2D eigenvalue weighted by molar-refractivity contribution is 7.98. The molecule has 1 aromatic heterocycles. The summed E-state index contributed by atoms with van der Waals surface area (Å²) in [6, 6.07) is 0. The molecular weight excluding hydrogens is 162 g/mol. The zero-order valence-corrected chi connectivity index (χ0v) is 6.92. The van der Waals surface area contributed by atoms with Crippen LogP contribution in [0.15, 0.2) is 6.33 Å². The van der Waals surface area contributed by atoms with Crippen LogP contribution in [0.25, 0.3) is 0 Å². The Balaban J connectivity index is 2.27. The van der Waals surface area contributed by atoms with E-state index in [1.807, 2.05) is 0 Å². The number of nitrogens with zero attached hydrogens (tertiary/aromatic N) is 3. The number of nitrogens with two attached hydrogens (primary N) is 2. The summed E-state index contributed by atoms with van der Waals surface area (Å²) in [5.74, 6) is 7.76. The molecule has 0 radical (unpaired) electrons. The fourth-order valence-corrected chi connectivity index (χ4v) is 1.25. The quantitative estimate of drug-likeness (QED) is 0.459. The van der Waals surface area contributed by atoms with Crippen molar-refractivity contribution >= 4 is 11.8 Å². The minimum absolute atomic E-state index is 0.688. The van der Waals surface area contributed by atoms with E-state index in [0.717, 1.165) is 17.3 Å². The largest absolute Gasteiger partial charge is 0.330 e. The summed E-state index contributed by atoms with van der Waals surface area (Å²) in [4.78, 5) is 5.16. The van der Waals surface area contributed by atoms with E-state index < -0.39 is 0 Å². The van der Waals surface area contributed by atoms with Crippen molar-refractivity contribution in [2.24, 2.45) is 5.73 Å². The second kappa shape index (κ2) is 4.20. The second-order valence-electron chi connectivity index (χ2n) is 1.98. The van der Waals surface area contributed by atoms with Crippen LogP contribution in [-0.4, -0.2) is 27.2 Å². The Morgan fingerprint density at radius 1 is 1.64 bits per heavy atom. The number of rotatable bonds is 4. The Bertz CT molecular complexity index is 210. The minimum Gasteiger partial charge on any atom is -0.330 e. The van der Waals surface area contributed by atoms with Gasteiger partial charge in [0.25, 0.3) is 0 Å². The van der Waals surface area contributed by atoms with E-state index in [0.29, 0.717) is 6.54 Å². The van der Waals surface area contributed by atoms with Crippen molar-refractivity contribution in [3.8, 4) is 0 Å². The van der Waals surface area contributed by atoms with Crippen LogP contribution >= 0.6 is 11.8 Å². The average molecular weight is 173 g/mol. The number of thioether (sulfide) groups is 1. The van der Waals surface area contributed by atoms with Crippen LogP contribution in [0.5, 0.6) is 0 Å². The third-order valence-electron chi connectivity index (χ3n) is 1.05. The van der Waals surface area contributed by atoms with Crippen molar-refractivity contribution in [3.05, 3.63) is 12.2 Å². The average Bonchev–Trinajstić information content (AvgIpc) is 2.37. The predicted octanol–water partition coefficient (Wildman–Crippen LogP) is -0.816. The maximum absolute atomic E-state index is 5.31. The Morgan fingerprint density at radius 3 is 3.00 bits per heavy atom. The lowest BCUT2D eigenvalue weighted by Gasteiger charge is -1.92. The molecule has 0 bridgehead atoms. The van der Waals surface area contributed by atoms with Crippen LogP contribution in [0.3, 0.4) is 0 Å². The first-order valence-electron chi connectivity index (χ1n) is 3.26. The second-order valence-corrected chi connectivity index (χ2v) is 3.09. The predicted molar refractivity (Wildman–Crippen MR) is 45.4 cm³/mol. The molecule has 62 valence electrons. The molecule has 0 saturated carbocycles. The monoisotopic (exact) mass is 173 g/mol. The molecule has 0 unspecified atom stereocenters. The molecule has 0 aliphatic carbocycles. The van der Waals surface area contributed by atoms with Gasteiger partial charge in [0.1, 0.15) is 6.33 Å². The molecule has 11 heavy (non-hydrogen) atoms. The van der Waals surface area contributed by atoms with Gasteiger partial charge in [-0.05, 0) is 0 Å². The van der Waals surface area contributed by atoms with E-state index in [1.54, 1.807) is 11.8 Å².